The molecule has 138 valence electrons. The molecule has 0 spiro atoms. The van der Waals surface area contributed by atoms with Crippen molar-refractivity contribution in [2.24, 2.45) is 5.92 Å². The summed E-state index contributed by atoms with van der Waals surface area (Å²) in [4.78, 5) is 26.1. The molecule has 0 aliphatic carbocycles. The Hall–Kier alpha value is -1.57. The van der Waals surface area contributed by atoms with Gasteiger partial charge in [0, 0.05) is 24.7 Å². The van der Waals surface area contributed by atoms with E-state index < -0.39 is 13.1 Å². The monoisotopic (exact) mass is 368 g/mol. The normalized spacial score (nSPS) is 12.0. The van der Waals surface area contributed by atoms with E-state index in [0.717, 1.165) is 5.56 Å². The van der Waals surface area contributed by atoms with Crippen molar-refractivity contribution in [1.82, 2.24) is 10.2 Å². The molecule has 2 amide bonds. The fourth-order valence-electron chi connectivity index (χ4n) is 2.51. The molecule has 0 aromatic heterocycles. The van der Waals surface area contributed by atoms with E-state index in [1.54, 1.807) is 32.2 Å². The number of rotatable bonds is 8. The summed E-state index contributed by atoms with van der Waals surface area (Å²) in [5.41, 5.74) is 1.20. The molecule has 1 rings (SSSR count). The van der Waals surface area contributed by atoms with Gasteiger partial charge in [0.2, 0.25) is 5.91 Å². The highest BCUT2D eigenvalue weighted by molar-refractivity contribution is 6.45. The van der Waals surface area contributed by atoms with Crippen LogP contribution in [-0.4, -0.2) is 55.5 Å². The van der Waals surface area contributed by atoms with Crippen molar-refractivity contribution < 1.29 is 19.3 Å². The van der Waals surface area contributed by atoms with Gasteiger partial charge in [0.15, 0.2) is 0 Å². The molecular weight excluding hydrogens is 342 g/mol. The van der Waals surface area contributed by atoms with Crippen LogP contribution in [0.2, 0.25) is 5.02 Å². The van der Waals surface area contributed by atoms with Gasteiger partial charge in [-0.25, -0.2) is 0 Å². The van der Waals surface area contributed by atoms with Crippen molar-refractivity contribution in [3.05, 3.63) is 34.3 Å². The van der Waals surface area contributed by atoms with Gasteiger partial charge in [0.25, 0.3) is 5.91 Å². The van der Waals surface area contributed by atoms with Crippen molar-refractivity contribution in [2.45, 2.75) is 33.1 Å². The molecule has 0 fully saturated rings. The van der Waals surface area contributed by atoms with E-state index >= 15 is 0 Å². The Kier molecular flexibility index (Phi) is 8.42. The molecule has 0 aliphatic rings. The second kappa shape index (κ2) is 9.80. The summed E-state index contributed by atoms with van der Waals surface area (Å²) in [6, 6.07) is 5.02. The lowest BCUT2D eigenvalue weighted by molar-refractivity contribution is -0.130. The third kappa shape index (κ3) is 6.34. The molecule has 0 radical (unpaired) electrons. The third-order valence-corrected chi connectivity index (χ3v) is 4.25. The molecule has 0 saturated carbocycles. The Morgan fingerprint density at radius 3 is 2.60 bits per heavy atom. The molecular formula is C17H26BClN2O4. The highest BCUT2D eigenvalue weighted by Crippen LogP contribution is 2.16. The Bertz CT molecular complexity index is 612. The maximum absolute atomic E-state index is 12.4. The van der Waals surface area contributed by atoms with E-state index in [9.17, 15) is 14.6 Å². The summed E-state index contributed by atoms with van der Waals surface area (Å²) >= 11 is 5.92. The first kappa shape index (κ1) is 21.5. The van der Waals surface area contributed by atoms with Gasteiger partial charge in [-0.2, -0.15) is 0 Å². The average molecular weight is 369 g/mol. The number of nitrogens with one attached hydrogen (secondary N) is 1. The number of aryl methyl sites for hydroxylation is 1. The van der Waals surface area contributed by atoms with Crippen molar-refractivity contribution in [2.75, 3.05) is 20.7 Å². The molecule has 25 heavy (non-hydrogen) atoms. The van der Waals surface area contributed by atoms with Gasteiger partial charge < -0.3 is 19.9 Å². The Morgan fingerprint density at radius 2 is 2.04 bits per heavy atom. The van der Waals surface area contributed by atoms with Crippen LogP contribution in [0.15, 0.2) is 18.2 Å². The lowest BCUT2D eigenvalue weighted by Gasteiger charge is -2.30. The highest BCUT2D eigenvalue weighted by atomic mass is 35.5. The van der Waals surface area contributed by atoms with Crippen LogP contribution in [-0.2, 0) is 9.45 Å². The molecule has 6 nitrogen and oxygen atoms in total. The number of likely N-dealkylation sites (N-methyl/N-ethyl adjacent to an activating group) is 1. The van der Waals surface area contributed by atoms with Gasteiger partial charge in [0.05, 0.1) is 12.5 Å². The molecule has 8 heteroatoms. The number of benzene rings is 1. The zero-order valence-electron chi connectivity index (χ0n) is 15.4. The van der Waals surface area contributed by atoms with Gasteiger partial charge >= 0.3 is 7.12 Å². The molecule has 1 aromatic rings. The Balaban J connectivity index is 2.73. The van der Waals surface area contributed by atoms with E-state index in [1.807, 2.05) is 13.8 Å². The molecule has 2 N–H and O–H groups in total. The summed E-state index contributed by atoms with van der Waals surface area (Å²) in [5.74, 6) is -0.889. The number of amides is 2. The van der Waals surface area contributed by atoms with Gasteiger partial charge in [-0.05, 0) is 37.0 Å². The van der Waals surface area contributed by atoms with Crippen molar-refractivity contribution in [1.29, 1.82) is 0 Å². The maximum Gasteiger partial charge on any atom is 0.478 e. The number of carbonyl (C=O) groups is 2. The van der Waals surface area contributed by atoms with Crippen molar-refractivity contribution in [3.63, 3.8) is 0 Å². The van der Waals surface area contributed by atoms with Crippen LogP contribution in [0, 0.1) is 12.8 Å². The fourth-order valence-corrected chi connectivity index (χ4v) is 2.68. The average Bonchev–Trinajstić information content (AvgIpc) is 2.57. The standard InChI is InChI=1S/C17H26BClN2O4/c1-11(2)8-15(18(24)25-5)21(4)16(22)10-20-17(23)14-9-13(19)7-6-12(14)3/h6-7,9,11,15,24H,8,10H2,1-5H3,(H,20,23)/t15-/m0/s1. The van der Waals surface area contributed by atoms with E-state index in [2.05, 4.69) is 5.32 Å². The SMILES string of the molecule is COB(O)[C@H](CC(C)C)N(C)C(=O)CNC(=O)c1cc(Cl)ccc1C. The minimum atomic E-state index is -1.08. The molecule has 1 aromatic carbocycles. The van der Waals surface area contributed by atoms with Crippen LogP contribution in [0.3, 0.4) is 0 Å². The van der Waals surface area contributed by atoms with E-state index in [0.29, 0.717) is 17.0 Å². The number of nitrogens with zero attached hydrogens (tertiary/aromatic N) is 1. The third-order valence-electron chi connectivity index (χ3n) is 4.02. The topological polar surface area (TPSA) is 78.9 Å². The largest absolute Gasteiger partial charge is 0.478 e. The number of halogens is 1. The van der Waals surface area contributed by atoms with Crippen LogP contribution < -0.4 is 5.32 Å². The molecule has 0 bridgehead atoms. The van der Waals surface area contributed by atoms with Crippen LogP contribution in [0.5, 0.6) is 0 Å². The maximum atomic E-state index is 12.4. The van der Waals surface area contributed by atoms with Crippen molar-refractivity contribution in [3.8, 4) is 0 Å². The van der Waals surface area contributed by atoms with E-state index in [1.165, 1.54) is 12.0 Å². The first-order valence-electron chi connectivity index (χ1n) is 8.18. The van der Waals surface area contributed by atoms with Crippen molar-refractivity contribution >= 4 is 30.5 Å². The first-order valence-corrected chi connectivity index (χ1v) is 8.56. The Morgan fingerprint density at radius 1 is 1.40 bits per heavy atom. The van der Waals surface area contributed by atoms with Crippen LogP contribution >= 0.6 is 11.6 Å². The lowest BCUT2D eigenvalue weighted by atomic mass is 9.73. The van der Waals surface area contributed by atoms with Gasteiger partial charge in [-0.15, -0.1) is 0 Å². The second-order valence-electron chi connectivity index (χ2n) is 6.47. The molecule has 0 heterocycles. The quantitative estimate of drug-likeness (QED) is 0.687. The van der Waals surface area contributed by atoms with Crippen LogP contribution in [0.1, 0.15) is 36.2 Å². The van der Waals surface area contributed by atoms with Gasteiger partial charge in [-0.3, -0.25) is 9.59 Å². The zero-order chi connectivity index (χ0) is 19.1. The molecule has 0 aliphatic heterocycles. The minimum Gasteiger partial charge on any atom is -0.426 e. The highest BCUT2D eigenvalue weighted by Gasteiger charge is 2.32. The summed E-state index contributed by atoms with van der Waals surface area (Å²) < 4.78 is 4.97. The first-order chi connectivity index (χ1) is 11.7. The zero-order valence-corrected chi connectivity index (χ0v) is 16.1. The predicted molar refractivity (Wildman–Crippen MR) is 99.5 cm³/mol. The van der Waals surface area contributed by atoms with Crippen LogP contribution in [0.4, 0.5) is 0 Å². The van der Waals surface area contributed by atoms with E-state index in [4.69, 9.17) is 16.3 Å². The fraction of sp³-hybridized carbons (Fsp3) is 0.529. The summed E-state index contributed by atoms with van der Waals surface area (Å²) in [6.45, 7) is 5.62. The predicted octanol–water partition coefficient (Wildman–Crippen LogP) is 1.92. The van der Waals surface area contributed by atoms with E-state index in [-0.39, 0.29) is 24.3 Å². The smallest absolute Gasteiger partial charge is 0.426 e. The molecule has 0 unspecified atom stereocenters. The lowest BCUT2D eigenvalue weighted by Crippen LogP contribution is -2.51. The van der Waals surface area contributed by atoms with Crippen LogP contribution in [0.25, 0.3) is 0 Å². The second-order valence-corrected chi connectivity index (χ2v) is 6.91. The molecule has 0 saturated heterocycles. The van der Waals surface area contributed by atoms with Gasteiger partial charge in [-0.1, -0.05) is 31.5 Å². The van der Waals surface area contributed by atoms with Gasteiger partial charge in [0.1, 0.15) is 0 Å². The summed E-state index contributed by atoms with van der Waals surface area (Å²) in [7, 11) is 1.90. The minimum absolute atomic E-state index is 0.174. The number of hydrogen-bond donors (Lipinski definition) is 2. The Labute approximate surface area is 154 Å². The molecule has 1 atom stereocenters. The number of carbonyl (C=O) groups excluding carboxylic acids is 2. The summed E-state index contributed by atoms with van der Waals surface area (Å²) in [6.07, 6.45) is 0.582. The summed E-state index contributed by atoms with van der Waals surface area (Å²) in [5, 5.41) is 13.0. The number of hydrogen-bond acceptors (Lipinski definition) is 4.